The van der Waals surface area contributed by atoms with Crippen molar-refractivity contribution in [2.75, 3.05) is 17.2 Å². The molecule has 0 heterocycles. The predicted octanol–water partition coefficient (Wildman–Crippen LogP) is 4.13. The van der Waals surface area contributed by atoms with Gasteiger partial charge < -0.3 is 10.6 Å². The van der Waals surface area contributed by atoms with Crippen molar-refractivity contribution in [3.05, 3.63) is 58.9 Å². The molecule has 2 rings (SSSR count). The molecule has 2 aromatic carbocycles. The lowest BCUT2D eigenvalue weighted by Gasteiger charge is -2.11. The second-order valence-corrected chi connectivity index (χ2v) is 4.97. The maximum Gasteiger partial charge on any atom is 0.255 e. The summed E-state index contributed by atoms with van der Waals surface area (Å²) in [4.78, 5) is 12.2. The molecule has 110 valence electrons. The van der Waals surface area contributed by atoms with Gasteiger partial charge in [0.25, 0.3) is 5.91 Å². The first-order chi connectivity index (χ1) is 10.0. The molecule has 0 spiro atoms. The van der Waals surface area contributed by atoms with E-state index in [4.69, 9.17) is 0 Å². The Labute approximate surface area is 124 Å². The molecular weight excluding hydrogens is 267 g/mol. The van der Waals surface area contributed by atoms with Gasteiger partial charge in [0, 0.05) is 23.5 Å². The zero-order chi connectivity index (χ0) is 15.4. The van der Waals surface area contributed by atoms with Crippen molar-refractivity contribution in [2.24, 2.45) is 0 Å². The summed E-state index contributed by atoms with van der Waals surface area (Å²) >= 11 is 0. The molecule has 3 nitrogen and oxygen atoms in total. The lowest BCUT2D eigenvalue weighted by Crippen LogP contribution is -2.13. The number of benzene rings is 2. The molecule has 0 bridgehead atoms. The molecule has 4 heteroatoms. The molecule has 2 aromatic rings. The van der Waals surface area contributed by atoms with Crippen LogP contribution in [0.2, 0.25) is 0 Å². The predicted molar refractivity (Wildman–Crippen MR) is 84.4 cm³/mol. The van der Waals surface area contributed by atoms with E-state index in [1.165, 1.54) is 12.1 Å². The van der Waals surface area contributed by atoms with Gasteiger partial charge in [0.2, 0.25) is 0 Å². The first-order valence-electron chi connectivity index (χ1n) is 6.93. The molecule has 1 amide bonds. The van der Waals surface area contributed by atoms with E-state index in [0.29, 0.717) is 16.8 Å². The fourth-order valence-corrected chi connectivity index (χ4v) is 2.16. The van der Waals surface area contributed by atoms with Crippen molar-refractivity contribution in [1.82, 2.24) is 0 Å². The first kappa shape index (κ1) is 15.0. The molecule has 0 aromatic heterocycles. The van der Waals surface area contributed by atoms with Crippen molar-refractivity contribution < 1.29 is 9.18 Å². The second kappa shape index (κ2) is 6.39. The molecule has 0 fully saturated rings. The van der Waals surface area contributed by atoms with Crippen LogP contribution in [0.3, 0.4) is 0 Å². The minimum Gasteiger partial charge on any atom is -0.385 e. The summed E-state index contributed by atoms with van der Waals surface area (Å²) in [6.07, 6.45) is 0. The van der Waals surface area contributed by atoms with Crippen LogP contribution in [0.5, 0.6) is 0 Å². The van der Waals surface area contributed by atoms with Crippen LogP contribution in [0.1, 0.15) is 28.4 Å². The highest BCUT2D eigenvalue weighted by atomic mass is 19.1. The number of nitrogens with one attached hydrogen (secondary N) is 2. The SMILES string of the molecule is CCNc1ccc(C(=O)Nc2ccc(F)cc2C)cc1C. The van der Waals surface area contributed by atoms with Crippen LogP contribution < -0.4 is 10.6 Å². The Morgan fingerprint density at radius 3 is 2.33 bits per heavy atom. The number of carbonyl (C=O) groups excluding carboxylic acids is 1. The number of hydrogen-bond acceptors (Lipinski definition) is 2. The van der Waals surface area contributed by atoms with Crippen LogP contribution in [-0.2, 0) is 0 Å². The van der Waals surface area contributed by atoms with Gasteiger partial charge in [-0.3, -0.25) is 4.79 Å². The van der Waals surface area contributed by atoms with Crippen LogP contribution in [0, 0.1) is 19.7 Å². The summed E-state index contributed by atoms with van der Waals surface area (Å²) in [5.74, 6) is -0.507. The molecule has 21 heavy (non-hydrogen) atoms. The van der Waals surface area contributed by atoms with E-state index >= 15 is 0 Å². The van der Waals surface area contributed by atoms with Crippen LogP contribution in [0.4, 0.5) is 15.8 Å². The van der Waals surface area contributed by atoms with Gasteiger partial charge in [-0.05, 0) is 68.3 Å². The third-order valence-corrected chi connectivity index (χ3v) is 3.29. The van der Waals surface area contributed by atoms with Gasteiger partial charge in [0.1, 0.15) is 5.82 Å². The van der Waals surface area contributed by atoms with E-state index in [0.717, 1.165) is 17.8 Å². The number of halogens is 1. The smallest absolute Gasteiger partial charge is 0.255 e. The second-order valence-electron chi connectivity index (χ2n) is 4.97. The van der Waals surface area contributed by atoms with Crippen molar-refractivity contribution in [3.63, 3.8) is 0 Å². The summed E-state index contributed by atoms with van der Waals surface area (Å²) in [6.45, 7) is 6.58. The maximum absolute atomic E-state index is 13.1. The fraction of sp³-hybridized carbons (Fsp3) is 0.235. The molecule has 2 N–H and O–H groups in total. The molecule has 0 aliphatic carbocycles. The molecule has 0 saturated heterocycles. The van der Waals surface area contributed by atoms with E-state index in [-0.39, 0.29) is 11.7 Å². The van der Waals surface area contributed by atoms with Gasteiger partial charge in [0.05, 0.1) is 0 Å². The Hall–Kier alpha value is -2.36. The van der Waals surface area contributed by atoms with Crippen LogP contribution in [0.15, 0.2) is 36.4 Å². The highest BCUT2D eigenvalue weighted by Crippen LogP contribution is 2.19. The minimum atomic E-state index is -0.309. The lowest BCUT2D eigenvalue weighted by atomic mass is 10.1. The Morgan fingerprint density at radius 1 is 1.05 bits per heavy atom. The van der Waals surface area contributed by atoms with Gasteiger partial charge in [-0.25, -0.2) is 4.39 Å². The molecule has 0 radical (unpaired) electrons. The van der Waals surface area contributed by atoms with E-state index in [2.05, 4.69) is 10.6 Å². The zero-order valence-electron chi connectivity index (χ0n) is 12.5. The third kappa shape index (κ3) is 3.60. The molecule has 0 atom stereocenters. The van der Waals surface area contributed by atoms with Crippen molar-refractivity contribution in [3.8, 4) is 0 Å². The number of aryl methyl sites for hydroxylation is 2. The molecule has 0 unspecified atom stereocenters. The number of hydrogen-bond donors (Lipinski definition) is 2. The monoisotopic (exact) mass is 286 g/mol. The zero-order valence-corrected chi connectivity index (χ0v) is 12.5. The molecule has 0 aliphatic heterocycles. The maximum atomic E-state index is 13.1. The molecule has 0 aliphatic rings. The summed E-state index contributed by atoms with van der Waals surface area (Å²) in [6, 6.07) is 9.82. The summed E-state index contributed by atoms with van der Waals surface area (Å²) in [7, 11) is 0. The van der Waals surface area contributed by atoms with E-state index < -0.39 is 0 Å². The number of anilines is 2. The summed E-state index contributed by atoms with van der Waals surface area (Å²) < 4.78 is 13.1. The topological polar surface area (TPSA) is 41.1 Å². The van der Waals surface area contributed by atoms with E-state index in [1.54, 1.807) is 19.1 Å². The van der Waals surface area contributed by atoms with Gasteiger partial charge in [-0.15, -0.1) is 0 Å². The van der Waals surface area contributed by atoms with Crippen molar-refractivity contribution in [1.29, 1.82) is 0 Å². The normalized spacial score (nSPS) is 10.3. The van der Waals surface area contributed by atoms with Gasteiger partial charge in [0.15, 0.2) is 0 Å². The quantitative estimate of drug-likeness (QED) is 0.887. The Bertz CT molecular complexity index is 668. The largest absolute Gasteiger partial charge is 0.385 e. The fourth-order valence-electron chi connectivity index (χ4n) is 2.16. The van der Waals surface area contributed by atoms with Crippen LogP contribution in [0.25, 0.3) is 0 Å². The molecular formula is C17H19FN2O. The van der Waals surface area contributed by atoms with Gasteiger partial charge in [-0.2, -0.15) is 0 Å². The van der Waals surface area contributed by atoms with Crippen molar-refractivity contribution >= 4 is 17.3 Å². The Morgan fingerprint density at radius 2 is 1.71 bits per heavy atom. The Kier molecular flexibility index (Phi) is 4.58. The minimum absolute atomic E-state index is 0.198. The lowest BCUT2D eigenvalue weighted by molar-refractivity contribution is 0.102. The van der Waals surface area contributed by atoms with Gasteiger partial charge >= 0.3 is 0 Å². The number of rotatable bonds is 4. The van der Waals surface area contributed by atoms with E-state index in [1.807, 2.05) is 26.0 Å². The van der Waals surface area contributed by atoms with Crippen LogP contribution >= 0.6 is 0 Å². The summed E-state index contributed by atoms with van der Waals surface area (Å²) in [5, 5.41) is 6.04. The number of amides is 1. The average Bonchev–Trinajstić information content (AvgIpc) is 2.44. The van der Waals surface area contributed by atoms with Crippen LogP contribution in [-0.4, -0.2) is 12.5 Å². The van der Waals surface area contributed by atoms with E-state index in [9.17, 15) is 9.18 Å². The first-order valence-corrected chi connectivity index (χ1v) is 6.93. The van der Waals surface area contributed by atoms with Crippen molar-refractivity contribution in [2.45, 2.75) is 20.8 Å². The Balaban J connectivity index is 2.18. The highest BCUT2D eigenvalue weighted by molar-refractivity contribution is 6.05. The third-order valence-electron chi connectivity index (χ3n) is 3.29. The molecule has 0 saturated carbocycles. The number of carbonyl (C=O) groups is 1. The standard InChI is InChI=1S/C17H19FN2O/c1-4-19-15-7-5-13(9-11(15)2)17(21)20-16-8-6-14(18)10-12(16)3/h5-10,19H,4H2,1-3H3,(H,20,21). The highest BCUT2D eigenvalue weighted by Gasteiger charge is 2.09. The van der Waals surface area contributed by atoms with Gasteiger partial charge in [-0.1, -0.05) is 0 Å². The average molecular weight is 286 g/mol. The summed E-state index contributed by atoms with van der Waals surface area (Å²) in [5.41, 5.74) is 3.93.